The van der Waals surface area contributed by atoms with E-state index in [0.717, 1.165) is 47.4 Å². The van der Waals surface area contributed by atoms with Crippen molar-refractivity contribution in [2.75, 3.05) is 13.1 Å². The first-order valence-corrected chi connectivity index (χ1v) is 8.52. The Morgan fingerprint density at radius 2 is 1.75 bits per heavy atom. The highest BCUT2D eigenvalue weighted by Crippen LogP contribution is 2.26. The predicted octanol–water partition coefficient (Wildman–Crippen LogP) is 5.35. The van der Waals surface area contributed by atoms with Gasteiger partial charge in [-0.05, 0) is 50.4 Å². The van der Waals surface area contributed by atoms with E-state index < -0.39 is 0 Å². The van der Waals surface area contributed by atoms with Crippen molar-refractivity contribution in [1.29, 1.82) is 0 Å². The van der Waals surface area contributed by atoms with Crippen molar-refractivity contribution < 1.29 is 4.79 Å². The fourth-order valence-corrected chi connectivity index (χ4v) is 2.39. The Morgan fingerprint density at radius 1 is 1.12 bits per heavy atom. The van der Waals surface area contributed by atoms with E-state index in [1.54, 1.807) is 6.92 Å². The van der Waals surface area contributed by atoms with Gasteiger partial charge in [0.15, 0.2) is 5.78 Å². The monoisotopic (exact) mass is 323 g/mol. The summed E-state index contributed by atoms with van der Waals surface area (Å²) in [5, 5.41) is 3.37. The van der Waals surface area contributed by atoms with Crippen LogP contribution in [0.15, 0.2) is 66.3 Å². The van der Waals surface area contributed by atoms with Crippen LogP contribution in [0.5, 0.6) is 0 Å². The zero-order valence-electron chi connectivity index (χ0n) is 15.4. The van der Waals surface area contributed by atoms with E-state index in [2.05, 4.69) is 37.0 Å². The molecule has 1 N–H and O–H groups in total. The van der Waals surface area contributed by atoms with Gasteiger partial charge in [0.1, 0.15) is 0 Å². The van der Waals surface area contributed by atoms with Crippen LogP contribution < -0.4 is 5.32 Å². The first kappa shape index (κ1) is 19.9. The largest absolute Gasteiger partial charge is 0.313 e. The third kappa shape index (κ3) is 6.13. The van der Waals surface area contributed by atoms with Gasteiger partial charge in [-0.15, -0.1) is 0 Å². The summed E-state index contributed by atoms with van der Waals surface area (Å²) in [4.78, 5) is 11.5. The molecule has 0 aliphatic rings. The highest BCUT2D eigenvalue weighted by Gasteiger charge is 2.07. The molecule has 0 saturated carbocycles. The van der Waals surface area contributed by atoms with Crippen molar-refractivity contribution in [3.05, 3.63) is 77.4 Å². The number of hydrogen-bond donors (Lipinski definition) is 1. The number of allylic oxidation sites excluding steroid dienone is 6. The lowest BCUT2D eigenvalue weighted by Gasteiger charge is -2.11. The first-order valence-electron chi connectivity index (χ1n) is 8.52. The Morgan fingerprint density at radius 3 is 2.25 bits per heavy atom. The Balaban J connectivity index is 3.20. The SMILES string of the molecule is C=C(C)C(/C=C/CNCCC)=C(\C=CC)c1ccc(C(C)=O)cc1. The molecule has 0 aromatic heterocycles. The molecular formula is C22H29NO. The number of ketones is 1. The van der Waals surface area contributed by atoms with Gasteiger partial charge in [0.2, 0.25) is 0 Å². The molecule has 1 aromatic carbocycles. The smallest absolute Gasteiger partial charge is 0.159 e. The minimum Gasteiger partial charge on any atom is -0.313 e. The van der Waals surface area contributed by atoms with E-state index in [0.29, 0.717) is 0 Å². The molecule has 128 valence electrons. The highest BCUT2D eigenvalue weighted by molar-refractivity contribution is 5.94. The van der Waals surface area contributed by atoms with Gasteiger partial charge < -0.3 is 5.32 Å². The summed E-state index contributed by atoms with van der Waals surface area (Å²) in [7, 11) is 0. The van der Waals surface area contributed by atoms with Crippen LogP contribution in [0.2, 0.25) is 0 Å². The van der Waals surface area contributed by atoms with Gasteiger partial charge in [-0.25, -0.2) is 0 Å². The Bertz CT molecular complexity index is 645. The number of Topliss-reactive ketones (excluding diaryl/α,β-unsaturated/α-hetero) is 1. The number of carbonyl (C=O) groups is 1. The van der Waals surface area contributed by atoms with Gasteiger partial charge in [0.05, 0.1) is 0 Å². The number of benzene rings is 1. The number of hydrogen-bond acceptors (Lipinski definition) is 2. The first-order chi connectivity index (χ1) is 11.5. The maximum absolute atomic E-state index is 11.5. The van der Waals surface area contributed by atoms with Crippen LogP contribution in [-0.2, 0) is 0 Å². The summed E-state index contributed by atoms with van der Waals surface area (Å²) in [6.45, 7) is 13.8. The quantitative estimate of drug-likeness (QED) is 0.377. The lowest BCUT2D eigenvalue weighted by molar-refractivity contribution is 0.101. The summed E-state index contributed by atoms with van der Waals surface area (Å²) in [5.41, 5.74) is 5.07. The summed E-state index contributed by atoms with van der Waals surface area (Å²) in [6, 6.07) is 7.75. The van der Waals surface area contributed by atoms with Crippen molar-refractivity contribution in [1.82, 2.24) is 5.32 Å². The van der Waals surface area contributed by atoms with Crippen molar-refractivity contribution in [2.45, 2.75) is 34.1 Å². The van der Waals surface area contributed by atoms with Crippen LogP contribution in [0, 0.1) is 0 Å². The molecule has 0 aliphatic carbocycles. The van der Waals surface area contributed by atoms with E-state index in [-0.39, 0.29) is 5.78 Å². The van der Waals surface area contributed by atoms with Gasteiger partial charge in [0.25, 0.3) is 0 Å². The van der Waals surface area contributed by atoms with Gasteiger partial charge in [-0.3, -0.25) is 4.79 Å². The normalized spacial score (nSPS) is 12.7. The minimum absolute atomic E-state index is 0.0835. The lowest BCUT2D eigenvalue weighted by Crippen LogP contribution is -2.13. The summed E-state index contributed by atoms with van der Waals surface area (Å²) < 4.78 is 0. The molecule has 2 nitrogen and oxygen atoms in total. The van der Waals surface area contributed by atoms with E-state index in [1.165, 1.54) is 0 Å². The fourth-order valence-electron chi connectivity index (χ4n) is 2.39. The third-order valence-electron chi connectivity index (χ3n) is 3.66. The van der Waals surface area contributed by atoms with Gasteiger partial charge >= 0.3 is 0 Å². The number of carbonyl (C=O) groups excluding carboxylic acids is 1. The second kappa shape index (κ2) is 10.6. The minimum atomic E-state index is 0.0835. The van der Waals surface area contributed by atoms with E-state index in [4.69, 9.17) is 0 Å². The Hall–Kier alpha value is -2.19. The molecule has 0 atom stereocenters. The van der Waals surface area contributed by atoms with Gasteiger partial charge in [0, 0.05) is 12.1 Å². The standard InChI is InChI=1S/C22H29NO/c1-6-9-22(20-13-11-19(12-14-20)18(5)24)21(17(3)4)10-8-16-23-15-7-2/h6,8-14,23H,3,7,15-16H2,1-2,4-5H3/b9-6?,10-8+,22-21+. The molecule has 0 aliphatic heterocycles. The molecule has 0 saturated heterocycles. The van der Waals surface area contributed by atoms with E-state index >= 15 is 0 Å². The third-order valence-corrected chi connectivity index (χ3v) is 3.66. The average molecular weight is 323 g/mol. The Kier molecular flexibility index (Phi) is 8.74. The van der Waals surface area contributed by atoms with E-state index in [1.807, 2.05) is 44.2 Å². The molecule has 24 heavy (non-hydrogen) atoms. The second-order valence-corrected chi connectivity index (χ2v) is 5.85. The molecule has 0 radical (unpaired) electrons. The molecule has 0 unspecified atom stereocenters. The van der Waals surface area contributed by atoms with Gasteiger partial charge in [-0.1, -0.05) is 67.6 Å². The van der Waals surface area contributed by atoms with Crippen LogP contribution in [0.4, 0.5) is 0 Å². The van der Waals surface area contributed by atoms with Crippen molar-refractivity contribution in [3.63, 3.8) is 0 Å². The molecule has 0 heterocycles. The molecule has 0 amide bonds. The maximum atomic E-state index is 11.5. The van der Waals surface area contributed by atoms with Crippen LogP contribution >= 0.6 is 0 Å². The Labute approximate surface area is 146 Å². The summed E-state index contributed by atoms with van der Waals surface area (Å²) in [6.07, 6.45) is 9.51. The zero-order chi connectivity index (χ0) is 17.9. The van der Waals surface area contributed by atoms with Crippen LogP contribution in [-0.4, -0.2) is 18.9 Å². The summed E-state index contributed by atoms with van der Waals surface area (Å²) in [5.74, 6) is 0.0835. The van der Waals surface area contributed by atoms with Crippen molar-refractivity contribution in [2.24, 2.45) is 0 Å². The molecular weight excluding hydrogens is 294 g/mol. The van der Waals surface area contributed by atoms with Crippen LogP contribution in [0.1, 0.15) is 50.0 Å². The predicted molar refractivity (Wildman–Crippen MR) is 105 cm³/mol. The molecule has 2 heteroatoms. The van der Waals surface area contributed by atoms with Crippen LogP contribution in [0.25, 0.3) is 5.57 Å². The van der Waals surface area contributed by atoms with E-state index in [9.17, 15) is 4.79 Å². The van der Waals surface area contributed by atoms with Crippen LogP contribution in [0.3, 0.4) is 0 Å². The zero-order valence-corrected chi connectivity index (χ0v) is 15.4. The molecule has 0 bridgehead atoms. The molecule has 1 rings (SSSR count). The van der Waals surface area contributed by atoms with Gasteiger partial charge in [-0.2, -0.15) is 0 Å². The average Bonchev–Trinajstić information content (AvgIpc) is 2.56. The topological polar surface area (TPSA) is 29.1 Å². The lowest BCUT2D eigenvalue weighted by atomic mass is 9.94. The molecule has 1 aromatic rings. The maximum Gasteiger partial charge on any atom is 0.159 e. The summed E-state index contributed by atoms with van der Waals surface area (Å²) >= 11 is 0. The molecule has 0 fully saturated rings. The number of rotatable bonds is 9. The molecule has 0 spiro atoms. The van der Waals surface area contributed by atoms with Crippen molar-refractivity contribution >= 4 is 11.4 Å². The second-order valence-electron chi connectivity index (χ2n) is 5.85. The highest BCUT2D eigenvalue weighted by atomic mass is 16.1. The number of nitrogens with one attached hydrogen (secondary N) is 1. The fraction of sp³-hybridized carbons (Fsp3) is 0.318. The van der Waals surface area contributed by atoms with Crippen molar-refractivity contribution in [3.8, 4) is 0 Å².